The molecule has 3 N–H and O–H groups in total. The molecule has 2 aromatic rings. The molecule has 3 heterocycles. The first-order valence-corrected chi connectivity index (χ1v) is 11.5. The number of amides is 5. The van der Waals surface area contributed by atoms with Gasteiger partial charge in [0.05, 0.1) is 11.4 Å². The zero-order chi connectivity index (χ0) is 23.0. The number of thiophene rings is 1. The molecule has 1 fully saturated rings. The molecule has 1 unspecified atom stereocenters. The number of aryl methyl sites for hydroxylation is 1. The van der Waals surface area contributed by atoms with E-state index in [-0.39, 0.29) is 30.2 Å². The van der Waals surface area contributed by atoms with Gasteiger partial charge in [-0.05, 0) is 42.5 Å². The molecule has 5 amide bonds. The predicted octanol–water partition coefficient (Wildman–Crippen LogP) is 3.26. The average Bonchev–Trinajstić information content (AvgIpc) is 3.26. The number of nitrogens with zero attached hydrogens (tertiary/aromatic N) is 1. The highest BCUT2D eigenvalue weighted by molar-refractivity contribution is 7.14. The second kappa shape index (κ2) is 8.74. The van der Waals surface area contributed by atoms with Crippen LogP contribution in [0.25, 0.3) is 0 Å². The first-order valence-electron chi connectivity index (χ1n) is 10.6. The molecule has 0 spiro atoms. The molecule has 0 bridgehead atoms. The number of nitrogens with one attached hydrogen (secondary N) is 3. The Morgan fingerprint density at radius 1 is 1.25 bits per heavy atom. The van der Waals surface area contributed by atoms with Crippen molar-refractivity contribution in [3.63, 3.8) is 0 Å². The average molecular weight is 455 g/mol. The van der Waals surface area contributed by atoms with E-state index in [0.29, 0.717) is 24.4 Å². The van der Waals surface area contributed by atoms with Crippen molar-refractivity contribution in [2.24, 2.45) is 0 Å². The van der Waals surface area contributed by atoms with Crippen LogP contribution in [0.5, 0.6) is 0 Å². The summed E-state index contributed by atoms with van der Waals surface area (Å²) >= 11 is 1.33. The number of urea groups is 1. The van der Waals surface area contributed by atoms with Gasteiger partial charge in [-0.2, -0.15) is 0 Å². The van der Waals surface area contributed by atoms with Gasteiger partial charge in [-0.25, -0.2) is 4.79 Å². The summed E-state index contributed by atoms with van der Waals surface area (Å²) in [6, 6.07) is 6.93. The molecule has 1 saturated heterocycles. The van der Waals surface area contributed by atoms with Crippen molar-refractivity contribution >= 4 is 40.8 Å². The van der Waals surface area contributed by atoms with Gasteiger partial charge in [0.25, 0.3) is 5.91 Å². The van der Waals surface area contributed by atoms with Crippen LogP contribution in [-0.4, -0.2) is 34.7 Å². The fourth-order valence-corrected chi connectivity index (χ4v) is 5.16. The Hall–Kier alpha value is -3.20. The number of hydrogen-bond donors (Lipinski definition) is 3. The second-order valence-electron chi connectivity index (χ2n) is 8.52. The van der Waals surface area contributed by atoms with Crippen molar-refractivity contribution < 1.29 is 19.2 Å². The largest absolute Gasteiger partial charge is 0.333 e. The maximum Gasteiger partial charge on any atom is 0.319 e. The lowest BCUT2D eigenvalue weighted by atomic mass is 9.99. The van der Waals surface area contributed by atoms with Crippen LogP contribution < -0.4 is 16.0 Å². The molecule has 9 heteroatoms. The molecule has 1 aromatic heterocycles. The Labute approximate surface area is 190 Å². The Kier molecular flexibility index (Phi) is 6.01. The van der Waals surface area contributed by atoms with Crippen molar-refractivity contribution in [2.75, 3.05) is 5.32 Å². The van der Waals surface area contributed by atoms with Crippen LogP contribution in [0, 0.1) is 6.92 Å². The monoisotopic (exact) mass is 454 g/mol. The Morgan fingerprint density at radius 2 is 2.03 bits per heavy atom. The molecular formula is C23H26N4O4S. The fraction of sp³-hybridized carbons (Fsp3) is 0.391. The smallest absolute Gasteiger partial charge is 0.319 e. The number of benzene rings is 1. The normalized spacial score (nSPS) is 18.1. The number of imide groups is 1. The van der Waals surface area contributed by atoms with Gasteiger partial charge in [0, 0.05) is 23.5 Å². The third-order valence-corrected chi connectivity index (χ3v) is 6.91. The lowest BCUT2D eigenvalue weighted by molar-refractivity contribution is -0.136. The van der Waals surface area contributed by atoms with Crippen molar-refractivity contribution in [3.8, 4) is 0 Å². The van der Waals surface area contributed by atoms with E-state index in [2.05, 4.69) is 35.9 Å². The number of piperidine rings is 1. The van der Waals surface area contributed by atoms with Crippen molar-refractivity contribution in [1.82, 2.24) is 15.5 Å². The van der Waals surface area contributed by atoms with Gasteiger partial charge in [0.15, 0.2) is 0 Å². The summed E-state index contributed by atoms with van der Waals surface area (Å²) in [5.74, 6) is -0.633. The Bertz CT molecular complexity index is 1110. The first-order chi connectivity index (χ1) is 15.2. The Balaban J connectivity index is 1.36. The van der Waals surface area contributed by atoms with Crippen LogP contribution in [0.15, 0.2) is 24.3 Å². The van der Waals surface area contributed by atoms with Crippen molar-refractivity contribution in [2.45, 2.75) is 58.7 Å². The summed E-state index contributed by atoms with van der Waals surface area (Å²) in [6.45, 7) is 6.83. The predicted molar refractivity (Wildman–Crippen MR) is 121 cm³/mol. The topological polar surface area (TPSA) is 108 Å². The van der Waals surface area contributed by atoms with Gasteiger partial charge in [0.2, 0.25) is 11.8 Å². The summed E-state index contributed by atoms with van der Waals surface area (Å²) in [4.78, 5) is 51.7. The number of fused-ring (bicyclic) bond motifs is 1. The van der Waals surface area contributed by atoms with Gasteiger partial charge < -0.3 is 15.5 Å². The van der Waals surface area contributed by atoms with Crippen LogP contribution in [0.3, 0.4) is 0 Å². The lowest BCUT2D eigenvalue weighted by Crippen LogP contribution is -2.52. The van der Waals surface area contributed by atoms with E-state index in [0.717, 1.165) is 27.3 Å². The highest BCUT2D eigenvalue weighted by atomic mass is 32.1. The van der Waals surface area contributed by atoms with Gasteiger partial charge >= 0.3 is 6.03 Å². The molecular weight excluding hydrogens is 428 g/mol. The highest BCUT2D eigenvalue weighted by Gasteiger charge is 2.40. The number of anilines is 1. The van der Waals surface area contributed by atoms with E-state index in [4.69, 9.17) is 0 Å². The zero-order valence-corrected chi connectivity index (χ0v) is 19.1. The maximum absolute atomic E-state index is 12.8. The third-order valence-electron chi connectivity index (χ3n) is 5.74. The zero-order valence-electron chi connectivity index (χ0n) is 18.3. The fourth-order valence-electron chi connectivity index (χ4n) is 4.10. The molecule has 0 aliphatic carbocycles. The SMILES string of the molecule is Cc1ccc(NC(=O)NCc2cc3c(s2)C(=O)N(C2CCC(=O)NC2=O)C3)c(C(C)C)c1. The quantitative estimate of drug-likeness (QED) is 0.603. The summed E-state index contributed by atoms with van der Waals surface area (Å²) < 4.78 is 0. The van der Waals surface area contributed by atoms with Crippen LogP contribution in [0.1, 0.15) is 63.8 Å². The number of carbonyl (C=O) groups is 4. The molecule has 1 atom stereocenters. The van der Waals surface area contributed by atoms with E-state index in [1.807, 2.05) is 25.1 Å². The van der Waals surface area contributed by atoms with Crippen molar-refractivity contribution in [3.05, 3.63) is 50.7 Å². The van der Waals surface area contributed by atoms with E-state index in [1.165, 1.54) is 16.2 Å². The molecule has 32 heavy (non-hydrogen) atoms. The van der Waals surface area contributed by atoms with Crippen LogP contribution >= 0.6 is 11.3 Å². The molecule has 2 aliphatic rings. The first kappa shape index (κ1) is 22.0. The summed E-state index contributed by atoms with van der Waals surface area (Å²) in [5.41, 5.74) is 3.85. The number of rotatable bonds is 5. The molecule has 2 aliphatic heterocycles. The summed E-state index contributed by atoms with van der Waals surface area (Å²) in [6.07, 6.45) is 0.578. The minimum absolute atomic E-state index is 0.198. The number of carbonyl (C=O) groups excluding carboxylic acids is 4. The lowest BCUT2D eigenvalue weighted by Gasteiger charge is -2.29. The van der Waals surface area contributed by atoms with Gasteiger partial charge in [-0.3, -0.25) is 19.7 Å². The van der Waals surface area contributed by atoms with Crippen LogP contribution in [0.4, 0.5) is 10.5 Å². The molecule has 168 valence electrons. The van der Waals surface area contributed by atoms with E-state index >= 15 is 0 Å². The summed E-state index contributed by atoms with van der Waals surface area (Å²) in [7, 11) is 0. The highest BCUT2D eigenvalue weighted by Crippen LogP contribution is 2.33. The van der Waals surface area contributed by atoms with E-state index < -0.39 is 11.9 Å². The van der Waals surface area contributed by atoms with Crippen LogP contribution in [-0.2, 0) is 22.7 Å². The maximum atomic E-state index is 12.8. The molecule has 1 aromatic carbocycles. The van der Waals surface area contributed by atoms with Gasteiger partial charge in [0.1, 0.15) is 6.04 Å². The van der Waals surface area contributed by atoms with E-state index in [1.54, 1.807) is 0 Å². The third kappa shape index (κ3) is 4.38. The summed E-state index contributed by atoms with van der Waals surface area (Å²) in [5, 5.41) is 8.07. The van der Waals surface area contributed by atoms with Crippen LogP contribution in [0.2, 0.25) is 0 Å². The minimum atomic E-state index is -0.614. The number of hydrogen-bond acceptors (Lipinski definition) is 5. The minimum Gasteiger partial charge on any atom is -0.333 e. The van der Waals surface area contributed by atoms with Crippen molar-refractivity contribution in [1.29, 1.82) is 0 Å². The molecule has 4 rings (SSSR count). The molecule has 8 nitrogen and oxygen atoms in total. The second-order valence-corrected chi connectivity index (χ2v) is 9.66. The molecule has 0 saturated carbocycles. The van der Waals surface area contributed by atoms with Gasteiger partial charge in [-0.15, -0.1) is 11.3 Å². The Morgan fingerprint density at radius 3 is 2.72 bits per heavy atom. The standard InChI is InChI=1S/C23H26N4O4S/c1-12(2)16-8-13(3)4-5-17(16)25-23(31)24-10-15-9-14-11-27(22(30)20(14)32-15)18-6-7-19(28)26-21(18)29/h4-5,8-9,12,18H,6-7,10-11H2,1-3H3,(H2,24,25,31)(H,26,28,29). The van der Waals surface area contributed by atoms with E-state index in [9.17, 15) is 19.2 Å². The molecule has 0 radical (unpaired) electrons. The van der Waals surface area contributed by atoms with Gasteiger partial charge in [-0.1, -0.05) is 31.5 Å².